The summed E-state index contributed by atoms with van der Waals surface area (Å²) in [5.74, 6) is 0.892. The maximum absolute atomic E-state index is 10.4. The van der Waals surface area contributed by atoms with Crippen LogP contribution in [0.4, 0.5) is 0 Å². The minimum atomic E-state index is -0.569. The Morgan fingerprint density at radius 3 is 2.50 bits per heavy atom. The SMILES string of the molecule is CCNC(=NCC(O)c1cccc(C)c1)N1CC(C)(C)C1(C)C.I. The van der Waals surface area contributed by atoms with Crippen LogP contribution in [0.2, 0.25) is 0 Å². The number of aliphatic hydroxyl groups is 1. The number of aliphatic imine (C=N–C) groups is 1. The Hall–Kier alpha value is -0.820. The number of aliphatic hydroxyl groups excluding tert-OH is 1. The lowest BCUT2D eigenvalue weighted by molar-refractivity contribution is -0.0668. The fourth-order valence-corrected chi connectivity index (χ4v) is 2.95. The summed E-state index contributed by atoms with van der Waals surface area (Å²) < 4.78 is 0. The fraction of sp³-hybridized carbons (Fsp3) is 0.632. The minimum Gasteiger partial charge on any atom is -0.386 e. The van der Waals surface area contributed by atoms with Gasteiger partial charge in [0.15, 0.2) is 5.96 Å². The highest BCUT2D eigenvalue weighted by Gasteiger charge is 2.53. The summed E-state index contributed by atoms with van der Waals surface area (Å²) in [7, 11) is 0. The number of nitrogens with one attached hydrogen (secondary N) is 1. The van der Waals surface area contributed by atoms with E-state index < -0.39 is 6.10 Å². The Bertz CT molecular complexity index is 584. The Kier molecular flexibility index (Phi) is 7.11. The molecule has 1 aliphatic heterocycles. The molecule has 1 atom stereocenters. The van der Waals surface area contributed by atoms with E-state index in [0.717, 1.165) is 30.2 Å². The predicted octanol–water partition coefficient (Wildman–Crippen LogP) is 3.73. The molecule has 1 heterocycles. The highest BCUT2D eigenvalue weighted by molar-refractivity contribution is 14.0. The van der Waals surface area contributed by atoms with Gasteiger partial charge in [0, 0.05) is 24.0 Å². The van der Waals surface area contributed by atoms with Crippen LogP contribution in [0.5, 0.6) is 0 Å². The third-order valence-corrected chi connectivity index (χ3v) is 5.32. The van der Waals surface area contributed by atoms with Crippen molar-refractivity contribution in [3.8, 4) is 0 Å². The molecule has 0 saturated carbocycles. The first-order chi connectivity index (χ1) is 10.7. The van der Waals surface area contributed by atoms with E-state index in [-0.39, 0.29) is 34.9 Å². The molecule has 1 unspecified atom stereocenters. The summed E-state index contributed by atoms with van der Waals surface area (Å²) in [4.78, 5) is 6.99. The number of nitrogens with zero attached hydrogens (tertiary/aromatic N) is 2. The van der Waals surface area contributed by atoms with Gasteiger partial charge in [0.25, 0.3) is 0 Å². The molecule has 136 valence electrons. The van der Waals surface area contributed by atoms with Gasteiger partial charge >= 0.3 is 0 Å². The number of aryl methyl sites for hydroxylation is 1. The molecule has 1 aliphatic rings. The van der Waals surface area contributed by atoms with Gasteiger partial charge in [-0.25, -0.2) is 0 Å². The van der Waals surface area contributed by atoms with E-state index >= 15 is 0 Å². The molecule has 1 fully saturated rings. The summed E-state index contributed by atoms with van der Waals surface area (Å²) in [6.07, 6.45) is -0.569. The first kappa shape index (κ1) is 21.2. The van der Waals surface area contributed by atoms with Gasteiger partial charge in [0.2, 0.25) is 0 Å². The molecule has 1 aromatic rings. The van der Waals surface area contributed by atoms with Crippen molar-refractivity contribution in [3.05, 3.63) is 35.4 Å². The van der Waals surface area contributed by atoms with Crippen molar-refractivity contribution in [2.24, 2.45) is 10.4 Å². The van der Waals surface area contributed by atoms with Gasteiger partial charge in [0.05, 0.1) is 12.6 Å². The molecule has 1 saturated heterocycles. The molecular weight excluding hydrogens is 413 g/mol. The Morgan fingerprint density at radius 2 is 2.00 bits per heavy atom. The number of guanidine groups is 1. The fourth-order valence-electron chi connectivity index (χ4n) is 2.95. The standard InChI is InChI=1S/C19H31N3O.HI/c1-7-20-17(22-13-18(3,4)19(22,5)6)21-12-16(23)15-10-8-9-14(2)11-15;/h8-11,16,23H,7,12-13H2,1-6H3,(H,20,21);1H. The number of likely N-dealkylation sites (tertiary alicyclic amines) is 1. The van der Waals surface area contributed by atoms with Crippen molar-refractivity contribution in [1.29, 1.82) is 0 Å². The second-order valence-corrected chi connectivity index (χ2v) is 7.65. The van der Waals surface area contributed by atoms with E-state index in [1.54, 1.807) is 0 Å². The lowest BCUT2D eigenvalue weighted by Gasteiger charge is -2.62. The summed E-state index contributed by atoms with van der Waals surface area (Å²) >= 11 is 0. The minimum absolute atomic E-state index is 0. The van der Waals surface area contributed by atoms with Gasteiger partial charge < -0.3 is 15.3 Å². The van der Waals surface area contributed by atoms with Crippen molar-refractivity contribution >= 4 is 29.9 Å². The van der Waals surface area contributed by atoms with Crippen LogP contribution in [0.15, 0.2) is 29.3 Å². The molecule has 0 aromatic heterocycles. The average molecular weight is 445 g/mol. The van der Waals surface area contributed by atoms with Crippen molar-refractivity contribution in [3.63, 3.8) is 0 Å². The smallest absolute Gasteiger partial charge is 0.194 e. The largest absolute Gasteiger partial charge is 0.386 e. The average Bonchev–Trinajstić information content (AvgIpc) is 2.49. The molecule has 4 nitrogen and oxygen atoms in total. The normalized spacial score (nSPS) is 20.0. The highest BCUT2D eigenvalue weighted by Crippen LogP contribution is 2.46. The predicted molar refractivity (Wildman–Crippen MR) is 112 cm³/mol. The van der Waals surface area contributed by atoms with Crippen LogP contribution in [0.1, 0.15) is 51.8 Å². The van der Waals surface area contributed by atoms with Crippen LogP contribution in [0.3, 0.4) is 0 Å². The first-order valence-electron chi connectivity index (χ1n) is 8.49. The van der Waals surface area contributed by atoms with Crippen molar-refractivity contribution in [2.75, 3.05) is 19.6 Å². The van der Waals surface area contributed by atoms with Gasteiger partial charge in [-0.2, -0.15) is 0 Å². The van der Waals surface area contributed by atoms with E-state index in [9.17, 15) is 5.11 Å². The first-order valence-corrected chi connectivity index (χ1v) is 8.49. The lowest BCUT2D eigenvalue weighted by atomic mass is 9.65. The highest BCUT2D eigenvalue weighted by atomic mass is 127. The van der Waals surface area contributed by atoms with E-state index in [1.807, 2.05) is 31.2 Å². The number of hydrogen-bond acceptors (Lipinski definition) is 2. The van der Waals surface area contributed by atoms with Crippen LogP contribution >= 0.6 is 24.0 Å². The second-order valence-electron chi connectivity index (χ2n) is 7.65. The molecule has 0 bridgehead atoms. The van der Waals surface area contributed by atoms with Gasteiger partial charge in [-0.05, 0) is 33.3 Å². The monoisotopic (exact) mass is 445 g/mol. The quantitative estimate of drug-likeness (QED) is 0.422. The van der Waals surface area contributed by atoms with Crippen molar-refractivity contribution in [2.45, 2.75) is 53.2 Å². The number of hydrogen-bond donors (Lipinski definition) is 2. The zero-order chi connectivity index (χ0) is 17.3. The molecule has 24 heavy (non-hydrogen) atoms. The Balaban J connectivity index is 0.00000288. The molecule has 2 rings (SSSR count). The summed E-state index contributed by atoms with van der Waals surface area (Å²) in [6.45, 7) is 15.4. The van der Waals surface area contributed by atoms with Gasteiger partial charge in [-0.3, -0.25) is 4.99 Å². The third-order valence-electron chi connectivity index (χ3n) is 5.32. The Labute approximate surface area is 163 Å². The van der Waals surface area contributed by atoms with Gasteiger partial charge in [-0.15, -0.1) is 24.0 Å². The number of rotatable bonds is 4. The van der Waals surface area contributed by atoms with E-state index in [0.29, 0.717) is 6.54 Å². The number of benzene rings is 1. The van der Waals surface area contributed by atoms with Crippen molar-refractivity contribution < 1.29 is 5.11 Å². The molecule has 1 aromatic carbocycles. The van der Waals surface area contributed by atoms with Crippen LogP contribution < -0.4 is 5.32 Å². The van der Waals surface area contributed by atoms with Crippen LogP contribution in [0, 0.1) is 12.3 Å². The summed E-state index contributed by atoms with van der Waals surface area (Å²) in [6, 6.07) is 7.98. The van der Waals surface area contributed by atoms with Crippen LogP contribution in [0.25, 0.3) is 0 Å². The summed E-state index contributed by atoms with van der Waals surface area (Å²) in [5.41, 5.74) is 2.40. The van der Waals surface area contributed by atoms with E-state index in [1.165, 1.54) is 0 Å². The van der Waals surface area contributed by atoms with Gasteiger partial charge in [0.1, 0.15) is 0 Å². The maximum Gasteiger partial charge on any atom is 0.194 e. The molecule has 0 amide bonds. The van der Waals surface area contributed by atoms with Gasteiger partial charge in [-0.1, -0.05) is 43.7 Å². The molecule has 0 radical (unpaired) electrons. The van der Waals surface area contributed by atoms with Crippen LogP contribution in [-0.4, -0.2) is 41.1 Å². The van der Waals surface area contributed by atoms with Crippen molar-refractivity contribution in [1.82, 2.24) is 10.2 Å². The zero-order valence-electron chi connectivity index (χ0n) is 15.8. The lowest BCUT2D eigenvalue weighted by Crippen LogP contribution is -2.72. The molecule has 0 spiro atoms. The van der Waals surface area contributed by atoms with E-state index in [2.05, 4.69) is 49.8 Å². The van der Waals surface area contributed by atoms with Crippen LogP contribution in [-0.2, 0) is 0 Å². The van der Waals surface area contributed by atoms with E-state index in [4.69, 9.17) is 0 Å². The Morgan fingerprint density at radius 1 is 1.33 bits per heavy atom. The third kappa shape index (κ3) is 4.23. The molecule has 5 heteroatoms. The second kappa shape index (κ2) is 8.04. The topological polar surface area (TPSA) is 47.9 Å². The maximum atomic E-state index is 10.4. The summed E-state index contributed by atoms with van der Waals surface area (Å²) in [5, 5.41) is 13.8. The molecule has 2 N–H and O–H groups in total. The molecular formula is C19H32IN3O. The molecule has 0 aliphatic carbocycles. The zero-order valence-corrected chi connectivity index (χ0v) is 18.1. The number of halogens is 1.